The Labute approximate surface area is 133 Å². The highest BCUT2D eigenvalue weighted by Crippen LogP contribution is 2.34. The number of nitrogens with zero attached hydrogens (tertiary/aromatic N) is 1. The number of benzene rings is 1. The van der Waals surface area contributed by atoms with Gasteiger partial charge in [0.25, 0.3) is 0 Å². The number of hydrogen-bond acceptors (Lipinski definition) is 3. The molecule has 0 bridgehead atoms. The van der Waals surface area contributed by atoms with E-state index in [1.807, 2.05) is 0 Å². The van der Waals surface area contributed by atoms with Crippen molar-refractivity contribution in [3.05, 3.63) is 22.4 Å². The van der Waals surface area contributed by atoms with Crippen LogP contribution in [0.2, 0.25) is 0 Å². The second-order valence-electron chi connectivity index (χ2n) is 6.23. The van der Waals surface area contributed by atoms with Crippen LogP contribution in [0.25, 0.3) is 0 Å². The Morgan fingerprint density at radius 3 is 2.62 bits per heavy atom. The van der Waals surface area contributed by atoms with Crippen LogP contribution in [0.1, 0.15) is 33.1 Å². The molecular weight excluding hydrogens is 359 g/mol. The number of rotatable bonds is 2. The molecule has 0 radical (unpaired) electrons. The minimum Gasteiger partial charge on any atom is -0.398 e. The molecule has 0 aromatic heterocycles. The van der Waals surface area contributed by atoms with Crippen molar-refractivity contribution in [3.63, 3.8) is 0 Å². The van der Waals surface area contributed by atoms with Crippen LogP contribution in [-0.4, -0.2) is 25.8 Å². The lowest BCUT2D eigenvalue weighted by molar-refractivity contribution is 0.315. The number of hydrogen-bond donors (Lipinski definition) is 1. The summed E-state index contributed by atoms with van der Waals surface area (Å²) in [6.45, 7) is 5.22. The molecule has 0 atom stereocenters. The summed E-state index contributed by atoms with van der Waals surface area (Å²) in [6, 6.07) is 2.29. The maximum atomic E-state index is 13.4. The van der Waals surface area contributed by atoms with Crippen molar-refractivity contribution in [1.29, 1.82) is 0 Å². The van der Waals surface area contributed by atoms with Crippen LogP contribution in [0.3, 0.4) is 0 Å². The predicted molar refractivity (Wildman–Crippen MR) is 84.9 cm³/mol. The third-order valence-corrected chi connectivity index (χ3v) is 6.53. The predicted octanol–water partition coefficient (Wildman–Crippen LogP) is 3.37. The average Bonchev–Trinajstić information content (AvgIpc) is 2.55. The fraction of sp³-hybridized carbons (Fsp3) is 0.571. The summed E-state index contributed by atoms with van der Waals surface area (Å²) in [4.78, 5) is -0.0320. The van der Waals surface area contributed by atoms with E-state index in [0.29, 0.717) is 13.1 Å². The Balaban J connectivity index is 2.36. The van der Waals surface area contributed by atoms with E-state index in [0.717, 1.165) is 25.3 Å². The Kier molecular flexibility index (Phi) is 4.66. The molecule has 0 aliphatic carbocycles. The summed E-state index contributed by atoms with van der Waals surface area (Å²) in [5.74, 6) is -0.566. The van der Waals surface area contributed by atoms with Crippen LogP contribution in [0.4, 0.5) is 10.1 Å². The lowest BCUT2D eigenvalue weighted by Gasteiger charge is -2.23. The molecule has 2 rings (SSSR count). The third-order valence-electron chi connectivity index (χ3n) is 3.97. The molecule has 0 amide bonds. The van der Waals surface area contributed by atoms with Crippen molar-refractivity contribution in [2.75, 3.05) is 18.8 Å². The van der Waals surface area contributed by atoms with Gasteiger partial charge in [0.2, 0.25) is 10.0 Å². The fourth-order valence-electron chi connectivity index (χ4n) is 2.54. The Morgan fingerprint density at radius 2 is 1.95 bits per heavy atom. The van der Waals surface area contributed by atoms with Crippen molar-refractivity contribution in [2.45, 2.75) is 38.0 Å². The summed E-state index contributed by atoms with van der Waals surface area (Å²) in [5, 5.41) is 0. The molecule has 1 aromatic rings. The van der Waals surface area contributed by atoms with Gasteiger partial charge in [-0.3, -0.25) is 0 Å². The minimum absolute atomic E-state index is 0.0320. The minimum atomic E-state index is -3.69. The average molecular weight is 379 g/mol. The van der Waals surface area contributed by atoms with Crippen molar-refractivity contribution in [1.82, 2.24) is 4.31 Å². The van der Waals surface area contributed by atoms with Crippen LogP contribution >= 0.6 is 15.9 Å². The SMILES string of the molecule is CC1(C)CCCN(S(=O)(=O)c2cc(Br)c(F)cc2N)CC1. The highest BCUT2D eigenvalue weighted by molar-refractivity contribution is 9.10. The lowest BCUT2D eigenvalue weighted by Crippen LogP contribution is -2.33. The van der Waals surface area contributed by atoms with E-state index < -0.39 is 15.8 Å². The second kappa shape index (κ2) is 5.85. The van der Waals surface area contributed by atoms with Crippen LogP contribution in [0, 0.1) is 11.2 Å². The van der Waals surface area contributed by atoms with E-state index in [9.17, 15) is 12.8 Å². The van der Waals surface area contributed by atoms with E-state index in [-0.39, 0.29) is 20.5 Å². The van der Waals surface area contributed by atoms with Gasteiger partial charge in [-0.25, -0.2) is 12.8 Å². The van der Waals surface area contributed by atoms with Crippen LogP contribution in [0.15, 0.2) is 21.5 Å². The summed E-state index contributed by atoms with van der Waals surface area (Å²) in [7, 11) is -3.69. The van der Waals surface area contributed by atoms with Gasteiger partial charge < -0.3 is 5.73 Å². The number of nitrogen functional groups attached to an aromatic ring is 1. The van der Waals surface area contributed by atoms with E-state index in [1.165, 1.54) is 10.4 Å². The Bertz CT molecular complexity index is 647. The zero-order valence-electron chi connectivity index (χ0n) is 12.2. The van der Waals surface area contributed by atoms with Gasteiger partial charge in [0.1, 0.15) is 10.7 Å². The molecule has 7 heteroatoms. The molecule has 1 heterocycles. The van der Waals surface area contributed by atoms with Gasteiger partial charge >= 0.3 is 0 Å². The van der Waals surface area contributed by atoms with Gasteiger partial charge in [-0.1, -0.05) is 13.8 Å². The first-order chi connectivity index (χ1) is 9.63. The molecule has 2 N–H and O–H groups in total. The Morgan fingerprint density at radius 1 is 1.29 bits per heavy atom. The smallest absolute Gasteiger partial charge is 0.245 e. The van der Waals surface area contributed by atoms with Gasteiger partial charge in [0, 0.05) is 13.1 Å². The van der Waals surface area contributed by atoms with Gasteiger partial charge in [-0.05, 0) is 52.7 Å². The van der Waals surface area contributed by atoms with E-state index in [2.05, 4.69) is 29.8 Å². The van der Waals surface area contributed by atoms with Crippen molar-refractivity contribution in [2.24, 2.45) is 5.41 Å². The zero-order valence-corrected chi connectivity index (χ0v) is 14.6. The van der Waals surface area contributed by atoms with Gasteiger partial charge in [-0.15, -0.1) is 0 Å². The first kappa shape index (κ1) is 16.7. The van der Waals surface area contributed by atoms with Crippen LogP contribution in [0.5, 0.6) is 0 Å². The van der Waals surface area contributed by atoms with Gasteiger partial charge in [0.05, 0.1) is 10.2 Å². The first-order valence-corrected chi connectivity index (χ1v) is 9.11. The first-order valence-electron chi connectivity index (χ1n) is 6.88. The molecule has 0 unspecified atom stereocenters. The molecule has 0 spiro atoms. The molecule has 1 fully saturated rings. The molecule has 118 valence electrons. The molecule has 1 aliphatic heterocycles. The molecular formula is C14H20BrFN2O2S. The maximum Gasteiger partial charge on any atom is 0.245 e. The molecule has 21 heavy (non-hydrogen) atoms. The normalized spacial score (nSPS) is 20.2. The molecule has 1 aliphatic rings. The number of sulfonamides is 1. The highest BCUT2D eigenvalue weighted by atomic mass is 79.9. The summed E-state index contributed by atoms with van der Waals surface area (Å²) in [5.41, 5.74) is 5.79. The monoisotopic (exact) mass is 378 g/mol. The largest absolute Gasteiger partial charge is 0.398 e. The summed E-state index contributed by atoms with van der Waals surface area (Å²) < 4.78 is 40.5. The van der Waals surface area contributed by atoms with Crippen molar-refractivity contribution in [3.8, 4) is 0 Å². The maximum absolute atomic E-state index is 13.4. The Hall–Kier alpha value is -0.660. The number of halogens is 2. The van der Waals surface area contributed by atoms with Crippen LogP contribution < -0.4 is 5.73 Å². The number of anilines is 1. The summed E-state index contributed by atoms with van der Waals surface area (Å²) >= 11 is 3.02. The topological polar surface area (TPSA) is 63.4 Å². The molecule has 4 nitrogen and oxygen atoms in total. The standard InChI is InChI=1S/C14H20BrFN2O2S/c1-14(2)4-3-6-18(7-5-14)21(19,20)13-8-10(15)11(16)9-12(13)17/h8-9H,3-7,17H2,1-2H3. The van der Waals surface area contributed by atoms with Crippen molar-refractivity contribution < 1.29 is 12.8 Å². The fourth-order valence-corrected chi connectivity index (χ4v) is 4.64. The molecule has 0 saturated carbocycles. The zero-order chi connectivity index (χ0) is 15.8. The van der Waals surface area contributed by atoms with Crippen molar-refractivity contribution >= 4 is 31.6 Å². The molecule has 1 aromatic carbocycles. The van der Waals surface area contributed by atoms with Crippen LogP contribution in [-0.2, 0) is 10.0 Å². The van der Waals surface area contributed by atoms with E-state index in [1.54, 1.807) is 0 Å². The van der Waals surface area contributed by atoms with Gasteiger partial charge in [-0.2, -0.15) is 4.31 Å². The van der Waals surface area contributed by atoms with E-state index in [4.69, 9.17) is 5.73 Å². The number of nitrogens with two attached hydrogens (primary N) is 1. The quantitative estimate of drug-likeness (QED) is 0.802. The third kappa shape index (κ3) is 3.57. The molecule has 1 saturated heterocycles. The lowest BCUT2D eigenvalue weighted by atomic mass is 9.85. The second-order valence-corrected chi connectivity index (χ2v) is 8.99. The van der Waals surface area contributed by atoms with E-state index >= 15 is 0 Å². The highest BCUT2D eigenvalue weighted by Gasteiger charge is 2.32. The summed E-state index contributed by atoms with van der Waals surface area (Å²) in [6.07, 6.45) is 2.60. The van der Waals surface area contributed by atoms with Gasteiger partial charge in [0.15, 0.2) is 0 Å².